The summed E-state index contributed by atoms with van der Waals surface area (Å²) in [4.78, 5) is 16.7. The first kappa shape index (κ1) is 18.4. The van der Waals surface area contributed by atoms with Crippen molar-refractivity contribution in [1.29, 1.82) is 0 Å². The fourth-order valence-corrected chi connectivity index (χ4v) is 3.29. The van der Waals surface area contributed by atoms with Crippen LogP contribution < -0.4 is 5.32 Å². The van der Waals surface area contributed by atoms with Crippen molar-refractivity contribution < 1.29 is 9.18 Å². The number of hydrogen-bond acceptors (Lipinski definition) is 2. The first-order chi connectivity index (χ1) is 12.7. The van der Waals surface area contributed by atoms with Gasteiger partial charge in [0.1, 0.15) is 5.82 Å². The van der Waals surface area contributed by atoms with E-state index < -0.39 is 0 Å². The molecule has 4 nitrogen and oxygen atoms in total. The topological polar surface area (TPSA) is 35.6 Å². The lowest BCUT2D eigenvalue weighted by atomic mass is 10.1. The highest BCUT2D eigenvalue weighted by atomic mass is 19.1. The van der Waals surface area contributed by atoms with Gasteiger partial charge in [0.25, 0.3) is 0 Å². The number of amides is 2. The average molecular weight is 355 g/mol. The Morgan fingerprint density at radius 3 is 2.58 bits per heavy atom. The Kier molecular flexibility index (Phi) is 6.61. The number of carbonyl (C=O) groups is 1. The second-order valence-corrected chi connectivity index (χ2v) is 6.71. The largest absolute Gasteiger partial charge is 0.338 e. The van der Waals surface area contributed by atoms with Crippen molar-refractivity contribution in [3.05, 3.63) is 71.5 Å². The van der Waals surface area contributed by atoms with Crippen LogP contribution in [-0.4, -0.2) is 48.6 Å². The Bertz CT molecular complexity index is 707. The fourth-order valence-electron chi connectivity index (χ4n) is 3.29. The van der Waals surface area contributed by atoms with Crippen LogP contribution in [0.1, 0.15) is 17.5 Å². The van der Waals surface area contributed by atoms with Crippen molar-refractivity contribution in [3.63, 3.8) is 0 Å². The maximum absolute atomic E-state index is 13.2. The third-order valence-corrected chi connectivity index (χ3v) is 4.70. The van der Waals surface area contributed by atoms with E-state index in [0.717, 1.165) is 44.7 Å². The van der Waals surface area contributed by atoms with Crippen LogP contribution in [0.25, 0.3) is 0 Å². The number of rotatable bonds is 5. The van der Waals surface area contributed by atoms with Crippen molar-refractivity contribution >= 4 is 6.03 Å². The van der Waals surface area contributed by atoms with Crippen LogP contribution in [0.4, 0.5) is 9.18 Å². The fraction of sp³-hybridized carbons (Fsp3) is 0.381. The van der Waals surface area contributed by atoms with E-state index in [4.69, 9.17) is 0 Å². The van der Waals surface area contributed by atoms with E-state index in [0.29, 0.717) is 13.0 Å². The number of benzene rings is 2. The van der Waals surface area contributed by atoms with E-state index in [1.165, 1.54) is 17.7 Å². The molecular weight excluding hydrogens is 329 g/mol. The summed E-state index contributed by atoms with van der Waals surface area (Å²) >= 11 is 0. The number of nitrogens with one attached hydrogen (secondary N) is 1. The molecule has 1 saturated heterocycles. The minimum atomic E-state index is -0.236. The first-order valence-electron chi connectivity index (χ1n) is 9.24. The number of hydrogen-bond donors (Lipinski definition) is 1. The highest BCUT2D eigenvalue weighted by Gasteiger charge is 2.18. The van der Waals surface area contributed by atoms with Gasteiger partial charge in [-0.15, -0.1) is 0 Å². The van der Waals surface area contributed by atoms with Gasteiger partial charge in [0.2, 0.25) is 0 Å². The number of urea groups is 1. The van der Waals surface area contributed by atoms with Crippen LogP contribution in [0, 0.1) is 5.82 Å². The summed E-state index contributed by atoms with van der Waals surface area (Å²) in [6.07, 6.45) is 1.61. The van der Waals surface area contributed by atoms with E-state index in [2.05, 4.69) is 34.5 Å². The molecule has 5 heteroatoms. The van der Waals surface area contributed by atoms with Crippen molar-refractivity contribution in [3.8, 4) is 0 Å². The minimum absolute atomic E-state index is 0.0250. The Labute approximate surface area is 154 Å². The lowest BCUT2D eigenvalue weighted by Gasteiger charge is -2.22. The number of carbonyl (C=O) groups excluding carboxylic acids is 1. The second kappa shape index (κ2) is 9.34. The molecule has 1 N–H and O–H groups in total. The van der Waals surface area contributed by atoms with Crippen molar-refractivity contribution in [2.24, 2.45) is 0 Å². The Hall–Kier alpha value is -2.40. The second-order valence-electron chi connectivity index (χ2n) is 6.71. The van der Waals surface area contributed by atoms with Crippen LogP contribution in [-0.2, 0) is 13.0 Å². The molecule has 0 aliphatic carbocycles. The molecule has 3 rings (SSSR count). The molecule has 1 fully saturated rings. The number of halogens is 1. The standard InChI is InChI=1S/C21H26FN3O/c22-20-9-4-8-18(16-20)10-11-23-21(26)25-13-5-12-24(14-15-25)17-19-6-2-1-3-7-19/h1-4,6-9,16H,5,10-15,17H2,(H,23,26). The van der Waals surface area contributed by atoms with Gasteiger partial charge in [-0.05, 0) is 36.1 Å². The maximum Gasteiger partial charge on any atom is 0.317 e. The summed E-state index contributed by atoms with van der Waals surface area (Å²) < 4.78 is 13.2. The molecule has 0 atom stereocenters. The molecule has 1 aliphatic heterocycles. The molecule has 2 aromatic carbocycles. The summed E-state index contributed by atoms with van der Waals surface area (Å²) in [6, 6.07) is 16.9. The molecular formula is C21H26FN3O. The minimum Gasteiger partial charge on any atom is -0.338 e. The number of nitrogens with zero attached hydrogens (tertiary/aromatic N) is 2. The van der Waals surface area contributed by atoms with E-state index in [-0.39, 0.29) is 11.8 Å². The Balaban J connectivity index is 1.42. The summed E-state index contributed by atoms with van der Waals surface area (Å²) in [5, 5.41) is 2.96. The van der Waals surface area contributed by atoms with E-state index in [1.807, 2.05) is 17.0 Å². The van der Waals surface area contributed by atoms with Crippen molar-refractivity contribution in [2.45, 2.75) is 19.4 Å². The Morgan fingerprint density at radius 2 is 1.77 bits per heavy atom. The van der Waals surface area contributed by atoms with E-state index in [1.54, 1.807) is 6.07 Å². The lowest BCUT2D eigenvalue weighted by molar-refractivity contribution is 0.198. The summed E-state index contributed by atoms with van der Waals surface area (Å²) in [7, 11) is 0. The third kappa shape index (κ3) is 5.56. The van der Waals surface area contributed by atoms with Crippen molar-refractivity contribution in [2.75, 3.05) is 32.7 Å². The first-order valence-corrected chi connectivity index (χ1v) is 9.24. The summed E-state index contributed by atoms with van der Waals surface area (Å²) in [6.45, 7) is 4.84. The molecule has 0 aromatic heterocycles. The van der Waals surface area contributed by atoms with E-state index >= 15 is 0 Å². The monoisotopic (exact) mass is 355 g/mol. The molecule has 138 valence electrons. The molecule has 0 bridgehead atoms. The molecule has 0 saturated carbocycles. The van der Waals surface area contributed by atoms with Crippen LogP contribution >= 0.6 is 0 Å². The molecule has 0 radical (unpaired) electrons. The molecule has 2 aromatic rings. The van der Waals surface area contributed by atoms with Gasteiger partial charge in [-0.1, -0.05) is 42.5 Å². The zero-order valence-electron chi connectivity index (χ0n) is 15.0. The van der Waals surface area contributed by atoms with Crippen LogP contribution in [0.3, 0.4) is 0 Å². The maximum atomic E-state index is 13.2. The predicted molar refractivity (Wildman–Crippen MR) is 101 cm³/mol. The zero-order chi connectivity index (χ0) is 18.2. The van der Waals surface area contributed by atoms with Crippen LogP contribution in [0.15, 0.2) is 54.6 Å². The lowest BCUT2D eigenvalue weighted by Crippen LogP contribution is -2.42. The molecule has 0 spiro atoms. The third-order valence-electron chi connectivity index (χ3n) is 4.70. The van der Waals surface area contributed by atoms with Gasteiger partial charge in [0.05, 0.1) is 0 Å². The predicted octanol–water partition coefficient (Wildman–Crippen LogP) is 3.29. The van der Waals surface area contributed by atoms with Gasteiger partial charge in [-0.25, -0.2) is 9.18 Å². The van der Waals surface area contributed by atoms with Gasteiger partial charge in [-0.3, -0.25) is 4.90 Å². The molecule has 26 heavy (non-hydrogen) atoms. The van der Waals surface area contributed by atoms with E-state index in [9.17, 15) is 9.18 Å². The normalized spacial score (nSPS) is 15.5. The van der Waals surface area contributed by atoms with Gasteiger partial charge in [0, 0.05) is 39.3 Å². The van der Waals surface area contributed by atoms with Gasteiger partial charge in [0.15, 0.2) is 0 Å². The smallest absolute Gasteiger partial charge is 0.317 e. The van der Waals surface area contributed by atoms with Crippen LogP contribution in [0.2, 0.25) is 0 Å². The summed E-state index contributed by atoms with van der Waals surface area (Å²) in [5.41, 5.74) is 2.20. The summed E-state index contributed by atoms with van der Waals surface area (Å²) in [5.74, 6) is -0.236. The SMILES string of the molecule is O=C(NCCc1cccc(F)c1)N1CCCN(Cc2ccccc2)CC1. The quantitative estimate of drug-likeness (QED) is 0.893. The van der Waals surface area contributed by atoms with Gasteiger partial charge < -0.3 is 10.2 Å². The zero-order valence-corrected chi connectivity index (χ0v) is 15.0. The van der Waals surface area contributed by atoms with Gasteiger partial charge >= 0.3 is 6.03 Å². The van der Waals surface area contributed by atoms with Crippen molar-refractivity contribution in [1.82, 2.24) is 15.1 Å². The highest BCUT2D eigenvalue weighted by Crippen LogP contribution is 2.09. The molecule has 1 heterocycles. The Morgan fingerprint density at radius 1 is 0.962 bits per heavy atom. The molecule has 0 unspecified atom stereocenters. The molecule has 2 amide bonds. The highest BCUT2D eigenvalue weighted by molar-refractivity contribution is 5.74. The van der Waals surface area contributed by atoms with Crippen LogP contribution in [0.5, 0.6) is 0 Å². The molecule has 1 aliphatic rings. The average Bonchev–Trinajstić information content (AvgIpc) is 2.88. The van der Waals surface area contributed by atoms with Gasteiger partial charge in [-0.2, -0.15) is 0 Å².